The number of unbranched alkanes of at least 4 members (excludes halogenated alkanes) is 1. The van der Waals surface area contributed by atoms with Gasteiger partial charge < -0.3 is 10.1 Å². The maximum absolute atomic E-state index is 12.8. The van der Waals surface area contributed by atoms with Gasteiger partial charge in [0.05, 0.1) is 17.6 Å². The van der Waals surface area contributed by atoms with E-state index in [1.54, 1.807) is 6.07 Å². The first kappa shape index (κ1) is 18.7. The average Bonchev–Trinajstić information content (AvgIpc) is 2.62. The van der Waals surface area contributed by atoms with Crippen molar-refractivity contribution in [3.05, 3.63) is 23.8 Å². The first-order valence-corrected chi connectivity index (χ1v) is 9.91. The van der Waals surface area contributed by atoms with Gasteiger partial charge in [-0.25, -0.2) is 8.42 Å². The number of methoxy groups -OCH3 is 1. The van der Waals surface area contributed by atoms with Crippen molar-refractivity contribution in [2.75, 3.05) is 26.7 Å². The van der Waals surface area contributed by atoms with E-state index in [9.17, 15) is 13.2 Å². The normalized spacial score (nSPS) is 15.9. The number of rotatable bonds is 7. The van der Waals surface area contributed by atoms with Crippen molar-refractivity contribution in [2.24, 2.45) is 0 Å². The SMILES string of the molecule is CCCCNC(=O)c1cc(S(=O)(=O)N2CCCCC2)ccc1OC. The molecule has 0 aromatic heterocycles. The standard InChI is InChI=1S/C17H26N2O4S/c1-3-4-10-18-17(20)15-13-14(8-9-16(15)23-2)24(21,22)19-11-6-5-7-12-19/h8-9,13H,3-7,10-12H2,1-2H3,(H,18,20). The topological polar surface area (TPSA) is 75.7 Å². The number of carbonyl (C=O) groups excluding carboxylic acids is 1. The van der Waals surface area contributed by atoms with Crippen molar-refractivity contribution in [3.63, 3.8) is 0 Å². The van der Waals surface area contributed by atoms with Crippen LogP contribution in [0.5, 0.6) is 5.75 Å². The summed E-state index contributed by atoms with van der Waals surface area (Å²) in [6.45, 7) is 3.67. The van der Waals surface area contributed by atoms with Gasteiger partial charge in [-0.3, -0.25) is 4.79 Å². The molecular weight excluding hydrogens is 328 g/mol. The van der Waals surface area contributed by atoms with Crippen molar-refractivity contribution >= 4 is 15.9 Å². The van der Waals surface area contributed by atoms with Gasteiger partial charge in [0.1, 0.15) is 5.75 Å². The van der Waals surface area contributed by atoms with Gasteiger partial charge in [-0.15, -0.1) is 0 Å². The van der Waals surface area contributed by atoms with Gasteiger partial charge in [0.15, 0.2) is 0 Å². The van der Waals surface area contributed by atoms with Crippen LogP contribution < -0.4 is 10.1 Å². The van der Waals surface area contributed by atoms with Crippen molar-refractivity contribution in [2.45, 2.75) is 43.9 Å². The molecule has 0 unspecified atom stereocenters. The third kappa shape index (κ3) is 4.27. The third-order valence-corrected chi connectivity index (χ3v) is 6.08. The monoisotopic (exact) mass is 354 g/mol. The highest BCUT2D eigenvalue weighted by atomic mass is 32.2. The van der Waals surface area contributed by atoms with Gasteiger partial charge in [0.25, 0.3) is 5.91 Å². The summed E-state index contributed by atoms with van der Waals surface area (Å²) in [6.07, 6.45) is 4.65. The van der Waals surface area contributed by atoms with Crippen molar-refractivity contribution < 1.29 is 17.9 Å². The summed E-state index contributed by atoms with van der Waals surface area (Å²) >= 11 is 0. The largest absolute Gasteiger partial charge is 0.496 e. The van der Waals surface area contributed by atoms with E-state index in [4.69, 9.17) is 4.74 Å². The molecule has 1 aromatic rings. The van der Waals surface area contributed by atoms with Crippen LogP contribution in [-0.4, -0.2) is 45.4 Å². The minimum absolute atomic E-state index is 0.144. The van der Waals surface area contributed by atoms with Gasteiger partial charge in [-0.1, -0.05) is 19.8 Å². The van der Waals surface area contributed by atoms with Gasteiger partial charge in [-0.05, 0) is 37.5 Å². The third-order valence-electron chi connectivity index (χ3n) is 4.18. The van der Waals surface area contributed by atoms with E-state index in [-0.39, 0.29) is 16.4 Å². The number of nitrogens with zero attached hydrogens (tertiary/aromatic N) is 1. The van der Waals surface area contributed by atoms with Crippen LogP contribution in [0.4, 0.5) is 0 Å². The highest BCUT2D eigenvalue weighted by molar-refractivity contribution is 7.89. The number of amides is 1. The summed E-state index contributed by atoms with van der Waals surface area (Å²) in [5.41, 5.74) is 0.256. The molecule has 6 nitrogen and oxygen atoms in total. The van der Waals surface area contributed by atoms with Crippen LogP contribution in [0.1, 0.15) is 49.4 Å². The highest BCUT2D eigenvalue weighted by Gasteiger charge is 2.27. The minimum atomic E-state index is -3.57. The molecule has 1 saturated heterocycles. The van der Waals surface area contributed by atoms with Crippen LogP contribution in [0.2, 0.25) is 0 Å². The molecular formula is C17H26N2O4S. The van der Waals surface area contributed by atoms with Gasteiger partial charge in [0.2, 0.25) is 10.0 Å². The number of carbonyl (C=O) groups is 1. The lowest BCUT2D eigenvalue weighted by molar-refractivity contribution is 0.0950. The van der Waals surface area contributed by atoms with Crippen molar-refractivity contribution in [3.8, 4) is 5.75 Å². The Balaban J connectivity index is 2.28. The Morgan fingerprint density at radius 3 is 2.58 bits per heavy atom. The Bertz CT molecular complexity index is 667. The summed E-state index contributed by atoms with van der Waals surface area (Å²) in [5, 5.41) is 2.81. The Morgan fingerprint density at radius 1 is 1.25 bits per heavy atom. The number of piperidine rings is 1. The lowest BCUT2D eigenvalue weighted by Crippen LogP contribution is -2.35. The predicted octanol–water partition coefficient (Wildman–Crippen LogP) is 2.40. The molecule has 0 spiro atoms. The molecule has 1 aliphatic rings. The summed E-state index contributed by atoms with van der Waals surface area (Å²) in [7, 11) is -2.10. The molecule has 7 heteroatoms. The second-order valence-corrected chi connectivity index (χ2v) is 7.87. The van der Waals surface area contributed by atoms with E-state index in [1.807, 2.05) is 6.92 Å². The van der Waals surface area contributed by atoms with E-state index in [0.29, 0.717) is 25.4 Å². The van der Waals surface area contributed by atoms with Crippen LogP contribution in [0.15, 0.2) is 23.1 Å². The molecule has 134 valence electrons. The molecule has 0 atom stereocenters. The molecule has 1 aliphatic heterocycles. The lowest BCUT2D eigenvalue weighted by atomic mass is 10.2. The zero-order chi connectivity index (χ0) is 17.6. The van der Waals surface area contributed by atoms with Crippen molar-refractivity contribution in [1.29, 1.82) is 0 Å². The molecule has 24 heavy (non-hydrogen) atoms. The molecule has 1 amide bonds. The smallest absolute Gasteiger partial charge is 0.255 e. The second kappa shape index (κ2) is 8.48. The minimum Gasteiger partial charge on any atom is -0.496 e. The van der Waals surface area contributed by atoms with Gasteiger partial charge in [0, 0.05) is 19.6 Å². The number of ether oxygens (including phenoxy) is 1. The molecule has 1 aromatic carbocycles. The fraction of sp³-hybridized carbons (Fsp3) is 0.588. The predicted molar refractivity (Wildman–Crippen MR) is 92.8 cm³/mol. The van der Waals surface area contributed by atoms with E-state index in [1.165, 1.54) is 23.5 Å². The van der Waals surface area contributed by atoms with Crippen LogP contribution in [0.25, 0.3) is 0 Å². The summed E-state index contributed by atoms with van der Waals surface area (Å²) in [4.78, 5) is 12.5. The Hall–Kier alpha value is -1.60. The fourth-order valence-electron chi connectivity index (χ4n) is 2.75. The van der Waals surface area contributed by atoms with E-state index < -0.39 is 10.0 Å². The Morgan fingerprint density at radius 2 is 1.96 bits per heavy atom. The number of nitrogens with one attached hydrogen (secondary N) is 1. The van der Waals surface area contributed by atoms with Crippen LogP contribution >= 0.6 is 0 Å². The quantitative estimate of drug-likeness (QED) is 0.763. The number of benzene rings is 1. The molecule has 1 heterocycles. The highest BCUT2D eigenvalue weighted by Crippen LogP contribution is 2.26. The second-order valence-electron chi connectivity index (χ2n) is 5.94. The Labute approximate surface area is 144 Å². The maximum atomic E-state index is 12.8. The average molecular weight is 354 g/mol. The van der Waals surface area contributed by atoms with Crippen LogP contribution in [0, 0.1) is 0 Å². The zero-order valence-electron chi connectivity index (χ0n) is 14.4. The maximum Gasteiger partial charge on any atom is 0.255 e. The van der Waals surface area contributed by atoms with E-state index >= 15 is 0 Å². The number of hydrogen-bond donors (Lipinski definition) is 1. The molecule has 0 radical (unpaired) electrons. The number of hydrogen-bond acceptors (Lipinski definition) is 4. The molecule has 1 N–H and O–H groups in total. The van der Waals surface area contributed by atoms with Crippen molar-refractivity contribution in [1.82, 2.24) is 9.62 Å². The van der Waals surface area contributed by atoms with E-state index in [2.05, 4.69) is 5.32 Å². The van der Waals surface area contributed by atoms with Crippen LogP contribution in [-0.2, 0) is 10.0 Å². The number of sulfonamides is 1. The zero-order valence-corrected chi connectivity index (χ0v) is 15.2. The summed E-state index contributed by atoms with van der Waals surface area (Å²) in [6, 6.07) is 4.47. The first-order chi connectivity index (χ1) is 11.5. The molecule has 2 rings (SSSR count). The molecule has 1 fully saturated rings. The molecule has 0 bridgehead atoms. The molecule has 0 aliphatic carbocycles. The van der Waals surface area contributed by atoms with Crippen LogP contribution in [0.3, 0.4) is 0 Å². The van der Waals surface area contributed by atoms with E-state index in [0.717, 1.165) is 32.1 Å². The summed E-state index contributed by atoms with van der Waals surface area (Å²) < 4.78 is 32.3. The van der Waals surface area contributed by atoms with Gasteiger partial charge in [-0.2, -0.15) is 4.31 Å². The molecule has 0 saturated carbocycles. The Kier molecular flexibility index (Phi) is 6.62. The lowest BCUT2D eigenvalue weighted by Gasteiger charge is -2.26. The van der Waals surface area contributed by atoms with Gasteiger partial charge >= 0.3 is 0 Å². The fourth-order valence-corrected chi connectivity index (χ4v) is 4.30. The summed E-state index contributed by atoms with van der Waals surface area (Å²) in [5.74, 6) is 0.0672. The first-order valence-electron chi connectivity index (χ1n) is 8.47.